The molecule has 6 N–H and O–H groups in total. The minimum Gasteiger partial charge on any atom is -0.507 e. The summed E-state index contributed by atoms with van der Waals surface area (Å²) in [5, 5.41) is 46.4. The smallest absolute Gasteiger partial charge is 0.200 e. The molecule has 172 valence electrons. The molecular formula is C22H26N2O8. The van der Waals surface area contributed by atoms with Gasteiger partial charge in [0.05, 0.1) is 47.7 Å². The van der Waals surface area contributed by atoms with Crippen LogP contribution in [0.3, 0.4) is 0 Å². The molecular weight excluding hydrogens is 420 g/mol. The topological polar surface area (TPSA) is 158 Å². The summed E-state index contributed by atoms with van der Waals surface area (Å²) in [6, 6.07) is 5.39. The summed E-state index contributed by atoms with van der Waals surface area (Å²) in [4.78, 5) is 26.7. The van der Waals surface area contributed by atoms with E-state index in [9.17, 15) is 30.0 Å². The van der Waals surface area contributed by atoms with E-state index in [4.69, 9.17) is 9.47 Å². The first-order valence-corrected chi connectivity index (χ1v) is 9.93. The van der Waals surface area contributed by atoms with Gasteiger partial charge in [0.2, 0.25) is 11.6 Å². The van der Waals surface area contributed by atoms with Gasteiger partial charge in [0.1, 0.15) is 11.5 Å². The highest BCUT2D eigenvalue weighted by atomic mass is 16.5. The molecule has 0 fully saturated rings. The Morgan fingerprint density at radius 1 is 0.719 bits per heavy atom. The number of carbonyl (C=O) groups is 2. The van der Waals surface area contributed by atoms with E-state index in [0.717, 1.165) is 0 Å². The van der Waals surface area contributed by atoms with Crippen molar-refractivity contribution in [3.8, 4) is 11.5 Å². The number of aromatic hydroxyl groups is 2. The highest BCUT2D eigenvalue weighted by Crippen LogP contribution is 2.42. The number of hydrogen-bond acceptors (Lipinski definition) is 10. The first-order chi connectivity index (χ1) is 15.3. The van der Waals surface area contributed by atoms with Crippen LogP contribution < -0.4 is 10.6 Å². The molecule has 3 rings (SSSR count). The monoisotopic (exact) mass is 446 g/mol. The molecule has 1 aliphatic carbocycles. The summed E-state index contributed by atoms with van der Waals surface area (Å²) in [7, 11) is 2.88. The molecule has 32 heavy (non-hydrogen) atoms. The molecule has 2 aromatic carbocycles. The quantitative estimate of drug-likeness (QED) is 0.245. The lowest BCUT2D eigenvalue weighted by atomic mass is 9.81. The van der Waals surface area contributed by atoms with E-state index in [-0.39, 0.29) is 71.4 Å². The van der Waals surface area contributed by atoms with Gasteiger partial charge >= 0.3 is 0 Å². The lowest BCUT2D eigenvalue weighted by Gasteiger charge is -2.25. The molecule has 1 aliphatic rings. The third-order valence-corrected chi connectivity index (χ3v) is 5.05. The number of fused-ring (bicyclic) bond motifs is 2. The number of phenolic OH excluding ortho intramolecular Hbond substituents is 2. The van der Waals surface area contributed by atoms with E-state index in [1.54, 1.807) is 0 Å². The lowest BCUT2D eigenvalue weighted by molar-refractivity contribution is 0.0726. The summed E-state index contributed by atoms with van der Waals surface area (Å²) in [6.07, 6.45) is -1.73. The molecule has 0 spiro atoms. The summed E-state index contributed by atoms with van der Waals surface area (Å²) >= 11 is 0. The van der Waals surface area contributed by atoms with Gasteiger partial charge in [-0.1, -0.05) is 0 Å². The number of phenols is 2. The average molecular weight is 446 g/mol. The Hall–Kier alpha value is -3.18. The van der Waals surface area contributed by atoms with Crippen LogP contribution in [-0.2, 0) is 9.47 Å². The highest BCUT2D eigenvalue weighted by molar-refractivity contribution is 6.33. The number of anilines is 2. The zero-order valence-electron chi connectivity index (χ0n) is 17.7. The van der Waals surface area contributed by atoms with Crippen LogP contribution >= 0.6 is 0 Å². The van der Waals surface area contributed by atoms with Crippen molar-refractivity contribution in [1.82, 2.24) is 0 Å². The second kappa shape index (κ2) is 9.96. The Kier molecular flexibility index (Phi) is 7.31. The average Bonchev–Trinajstić information content (AvgIpc) is 2.75. The summed E-state index contributed by atoms with van der Waals surface area (Å²) in [6.45, 7) is 0.191. The molecule has 0 aromatic heterocycles. The maximum absolute atomic E-state index is 13.4. The Morgan fingerprint density at radius 2 is 1.09 bits per heavy atom. The Balaban J connectivity index is 2.03. The van der Waals surface area contributed by atoms with E-state index in [1.807, 2.05) is 0 Å². The zero-order chi connectivity index (χ0) is 23.4. The van der Waals surface area contributed by atoms with Crippen molar-refractivity contribution in [3.63, 3.8) is 0 Å². The standard InChI is InChI=1S/C22H26N2O8/c1-31-9-11(25)7-23-13-3-5-15(27)19-17(13)21(29)20-16(28)6-4-14(18(20)22(19)30)24-8-12(26)10-32-2/h3-6,11-12,23-28H,7-10H2,1-2H3. The molecule has 0 radical (unpaired) electrons. The fourth-order valence-electron chi connectivity index (χ4n) is 3.62. The number of ketones is 2. The van der Waals surface area contributed by atoms with E-state index in [1.165, 1.54) is 38.5 Å². The first-order valence-electron chi connectivity index (χ1n) is 9.93. The van der Waals surface area contributed by atoms with Crippen LogP contribution in [-0.4, -0.2) is 84.7 Å². The van der Waals surface area contributed by atoms with Gasteiger partial charge in [-0.3, -0.25) is 9.59 Å². The fraction of sp³-hybridized carbons (Fsp3) is 0.364. The second-order valence-corrected chi connectivity index (χ2v) is 7.40. The largest absolute Gasteiger partial charge is 0.507 e. The molecule has 0 bridgehead atoms. The van der Waals surface area contributed by atoms with E-state index in [0.29, 0.717) is 0 Å². The highest BCUT2D eigenvalue weighted by Gasteiger charge is 2.38. The lowest BCUT2D eigenvalue weighted by Crippen LogP contribution is -2.29. The molecule has 10 nitrogen and oxygen atoms in total. The van der Waals surface area contributed by atoms with Gasteiger partial charge in [-0.2, -0.15) is 0 Å². The van der Waals surface area contributed by atoms with Crippen LogP contribution in [0.15, 0.2) is 24.3 Å². The van der Waals surface area contributed by atoms with Gasteiger partial charge in [0.15, 0.2) is 0 Å². The van der Waals surface area contributed by atoms with Crippen molar-refractivity contribution in [2.24, 2.45) is 0 Å². The predicted octanol–water partition coefficient (Wildman–Crippen LogP) is 0.712. The van der Waals surface area contributed by atoms with Crippen LogP contribution in [0.25, 0.3) is 0 Å². The Labute approximate surface area is 184 Å². The van der Waals surface area contributed by atoms with Crippen molar-refractivity contribution in [2.45, 2.75) is 12.2 Å². The van der Waals surface area contributed by atoms with Crippen molar-refractivity contribution < 1.29 is 39.5 Å². The molecule has 2 aromatic rings. The number of hydrogen-bond donors (Lipinski definition) is 6. The van der Waals surface area contributed by atoms with Gasteiger partial charge in [0.25, 0.3) is 0 Å². The number of nitrogens with one attached hydrogen (secondary N) is 2. The maximum atomic E-state index is 13.4. The normalized spacial score (nSPS) is 14.5. The second-order valence-electron chi connectivity index (χ2n) is 7.40. The molecule has 0 aliphatic heterocycles. The third kappa shape index (κ3) is 4.53. The Bertz CT molecular complexity index is 942. The molecule has 0 heterocycles. The summed E-state index contributed by atoms with van der Waals surface area (Å²) in [5.41, 5.74) is -0.159. The van der Waals surface area contributed by atoms with E-state index < -0.39 is 23.8 Å². The van der Waals surface area contributed by atoms with Crippen molar-refractivity contribution in [2.75, 3.05) is 51.2 Å². The van der Waals surface area contributed by atoms with Crippen molar-refractivity contribution >= 4 is 22.9 Å². The number of rotatable bonds is 10. The van der Waals surface area contributed by atoms with Crippen molar-refractivity contribution in [3.05, 3.63) is 46.5 Å². The van der Waals surface area contributed by atoms with E-state index in [2.05, 4.69) is 10.6 Å². The van der Waals surface area contributed by atoms with Gasteiger partial charge in [0, 0.05) is 38.7 Å². The number of aliphatic hydroxyl groups is 2. The third-order valence-electron chi connectivity index (χ3n) is 5.05. The maximum Gasteiger partial charge on any atom is 0.200 e. The number of ether oxygens (including phenoxy) is 2. The minimum atomic E-state index is -0.867. The SMILES string of the molecule is COCC(O)CNc1ccc(O)c2c1C(=O)c1c(O)ccc(NCC(O)COC)c1C2=O. The van der Waals surface area contributed by atoms with Crippen LogP contribution in [0.5, 0.6) is 11.5 Å². The van der Waals surface area contributed by atoms with Crippen LogP contribution in [0, 0.1) is 0 Å². The van der Waals surface area contributed by atoms with Gasteiger partial charge < -0.3 is 40.5 Å². The molecule has 0 saturated carbocycles. The number of methoxy groups -OCH3 is 2. The zero-order valence-corrected chi connectivity index (χ0v) is 17.7. The molecule has 2 unspecified atom stereocenters. The predicted molar refractivity (Wildman–Crippen MR) is 116 cm³/mol. The minimum absolute atomic E-state index is 0.0321. The van der Waals surface area contributed by atoms with Gasteiger partial charge in [-0.05, 0) is 24.3 Å². The van der Waals surface area contributed by atoms with Crippen LogP contribution in [0.2, 0.25) is 0 Å². The van der Waals surface area contributed by atoms with Crippen LogP contribution in [0.1, 0.15) is 31.8 Å². The number of carbonyl (C=O) groups excluding carboxylic acids is 2. The van der Waals surface area contributed by atoms with Crippen molar-refractivity contribution in [1.29, 1.82) is 0 Å². The summed E-state index contributed by atoms with van der Waals surface area (Å²) in [5.74, 6) is -2.10. The molecule has 10 heteroatoms. The fourth-order valence-corrected chi connectivity index (χ4v) is 3.62. The molecule has 0 saturated heterocycles. The molecule has 2 atom stereocenters. The van der Waals surface area contributed by atoms with Crippen LogP contribution in [0.4, 0.5) is 11.4 Å². The summed E-state index contributed by atoms with van der Waals surface area (Å²) < 4.78 is 9.75. The van der Waals surface area contributed by atoms with E-state index >= 15 is 0 Å². The van der Waals surface area contributed by atoms with Gasteiger partial charge in [-0.25, -0.2) is 0 Å². The number of benzene rings is 2. The Morgan fingerprint density at radius 3 is 1.44 bits per heavy atom. The van der Waals surface area contributed by atoms with Gasteiger partial charge in [-0.15, -0.1) is 0 Å². The molecule has 0 amide bonds. The first kappa shape index (κ1) is 23.5. The number of aliphatic hydroxyl groups excluding tert-OH is 2.